The molecule has 0 spiro atoms. The van der Waals surface area contributed by atoms with E-state index in [1.807, 2.05) is 0 Å². The van der Waals surface area contributed by atoms with Crippen molar-refractivity contribution in [3.05, 3.63) is 69.1 Å². The molecule has 0 saturated carbocycles. The third-order valence-electron chi connectivity index (χ3n) is 3.04. The minimum atomic E-state index is -0.584. The normalized spacial score (nSPS) is 10.3. The summed E-state index contributed by atoms with van der Waals surface area (Å²) in [6, 6.07) is 9.84. The zero-order chi connectivity index (χ0) is 17.8. The Hall–Kier alpha value is -2.97. The fourth-order valence-electron chi connectivity index (χ4n) is 2.06. The number of nitrogens with zero attached hydrogens (tertiary/aromatic N) is 4. The molecule has 0 amide bonds. The van der Waals surface area contributed by atoms with Gasteiger partial charge in [-0.2, -0.15) is 0 Å². The van der Waals surface area contributed by atoms with Crippen LogP contribution in [0.1, 0.15) is 0 Å². The van der Waals surface area contributed by atoms with Gasteiger partial charge in [-0.15, -0.1) is 0 Å². The average Bonchev–Trinajstić information content (AvgIpc) is 2.54. The molecule has 3 rings (SSSR count). The third kappa shape index (κ3) is 4.11. The van der Waals surface area contributed by atoms with E-state index in [-0.39, 0.29) is 17.3 Å². The number of pyridine rings is 1. The van der Waals surface area contributed by atoms with Crippen LogP contribution in [0.5, 0.6) is 0 Å². The Labute approximate surface area is 152 Å². The molecule has 10 heteroatoms. The van der Waals surface area contributed by atoms with E-state index in [2.05, 4.69) is 25.6 Å². The number of halogens is 2. The van der Waals surface area contributed by atoms with Crippen LogP contribution in [0.2, 0.25) is 10.0 Å². The van der Waals surface area contributed by atoms with Crippen LogP contribution < -0.4 is 10.6 Å². The Bertz CT molecular complexity index is 903. The predicted molar refractivity (Wildman–Crippen MR) is 96.0 cm³/mol. The zero-order valence-electron chi connectivity index (χ0n) is 12.5. The number of nitrogens with one attached hydrogen (secondary N) is 2. The highest BCUT2D eigenvalue weighted by atomic mass is 35.5. The molecule has 0 unspecified atom stereocenters. The molecule has 2 heterocycles. The summed E-state index contributed by atoms with van der Waals surface area (Å²) >= 11 is 11.9. The number of anilines is 4. The highest BCUT2D eigenvalue weighted by molar-refractivity contribution is 6.35. The smallest absolute Gasteiger partial charge is 0.334 e. The first kappa shape index (κ1) is 16.9. The van der Waals surface area contributed by atoms with E-state index < -0.39 is 4.92 Å². The van der Waals surface area contributed by atoms with Crippen LogP contribution in [0.4, 0.5) is 28.8 Å². The van der Waals surface area contributed by atoms with Gasteiger partial charge in [0.25, 0.3) is 0 Å². The molecule has 0 atom stereocenters. The lowest BCUT2D eigenvalue weighted by molar-refractivity contribution is -0.383. The largest absolute Gasteiger partial charge is 0.353 e. The van der Waals surface area contributed by atoms with Crippen molar-refractivity contribution < 1.29 is 4.92 Å². The summed E-state index contributed by atoms with van der Waals surface area (Å²) in [4.78, 5) is 22.9. The highest BCUT2D eigenvalue weighted by Gasteiger charge is 2.23. The van der Waals surface area contributed by atoms with Crippen LogP contribution in [0.25, 0.3) is 0 Å². The molecule has 3 aromatic rings. The summed E-state index contributed by atoms with van der Waals surface area (Å²) in [7, 11) is 0. The van der Waals surface area contributed by atoms with Crippen molar-refractivity contribution in [2.24, 2.45) is 0 Å². The second-order valence-electron chi connectivity index (χ2n) is 4.80. The number of rotatable bonds is 5. The molecule has 0 saturated heterocycles. The van der Waals surface area contributed by atoms with Gasteiger partial charge in [-0.25, -0.2) is 15.0 Å². The Morgan fingerprint density at radius 2 is 1.64 bits per heavy atom. The molecular formula is C15H10Cl2N6O2. The molecule has 2 N–H and O–H groups in total. The average molecular weight is 377 g/mol. The standard InChI is InChI=1S/C15H10Cl2N6O2/c16-9-5-10(17)7-11(6-9)21-14-13(23(24)25)15(20-8-19-14)22-12-3-1-2-4-18-12/h1-8H,(H2,18,19,20,21,22). The van der Waals surface area contributed by atoms with Crippen LogP contribution in [-0.2, 0) is 0 Å². The van der Waals surface area contributed by atoms with Crippen molar-refractivity contribution in [3.63, 3.8) is 0 Å². The number of hydrogen-bond donors (Lipinski definition) is 2. The minimum absolute atomic E-state index is 0.00300. The maximum absolute atomic E-state index is 11.5. The Morgan fingerprint density at radius 3 is 2.24 bits per heavy atom. The van der Waals surface area contributed by atoms with Crippen LogP contribution in [0, 0.1) is 10.1 Å². The molecule has 1 aromatic carbocycles. The Kier molecular flexibility index (Phi) is 4.92. The van der Waals surface area contributed by atoms with Crippen molar-refractivity contribution in [3.8, 4) is 0 Å². The lowest BCUT2D eigenvalue weighted by Crippen LogP contribution is -2.06. The number of hydrogen-bond acceptors (Lipinski definition) is 7. The van der Waals surface area contributed by atoms with Crippen molar-refractivity contribution in [2.45, 2.75) is 0 Å². The van der Waals surface area contributed by atoms with E-state index in [0.29, 0.717) is 21.6 Å². The third-order valence-corrected chi connectivity index (χ3v) is 3.48. The maximum Gasteiger partial charge on any atom is 0.353 e. The molecule has 0 fully saturated rings. The first-order valence-electron chi connectivity index (χ1n) is 6.93. The van der Waals surface area contributed by atoms with Crippen molar-refractivity contribution in [2.75, 3.05) is 10.6 Å². The van der Waals surface area contributed by atoms with E-state index >= 15 is 0 Å². The van der Waals surface area contributed by atoms with Gasteiger partial charge in [-0.3, -0.25) is 10.1 Å². The zero-order valence-corrected chi connectivity index (χ0v) is 14.0. The van der Waals surface area contributed by atoms with Gasteiger partial charge in [0.15, 0.2) is 0 Å². The fourth-order valence-corrected chi connectivity index (χ4v) is 2.58. The summed E-state index contributed by atoms with van der Waals surface area (Å²) in [5.41, 5.74) is 0.132. The lowest BCUT2D eigenvalue weighted by Gasteiger charge is -2.10. The summed E-state index contributed by atoms with van der Waals surface area (Å²) in [6.07, 6.45) is 2.76. The van der Waals surface area contributed by atoms with Crippen molar-refractivity contribution in [1.82, 2.24) is 15.0 Å². The lowest BCUT2D eigenvalue weighted by atomic mass is 10.3. The van der Waals surface area contributed by atoms with Crippen molar-refractivity contribution >= 4 is 52.0 Å². The molecule has 0 bridgehead atoms. The van der Waals surface area contributed by atoms with E-state index in [1.165, 1.54) is 6.33 Å². The number of benzene rings is 1. The van der Waals surface area contributed by atoms with Gasteiger partial charge in [0.1, 0.15) is 12.1 Å². The Morgan fingerprint density at radius 1 is 0.960 bits per heavy atom. The van der Waals surface area contributed by atoms with E-state index in [4.69, 9.17) is 23.2 Å². The quantitative estimate of drug-likeness (QED) is 0.495. The van der Waals surface area contributed by atoms with Gasteiger partial charge >= 0.3 is 5.69 Å². The first-order chi connectivity index (χ1) is 12.0. The van der Waals surface area contributed by atoms with Crippen LogP contribution >= 0.6 is 23.2 Å². The second-order valence-corrected chi connectivity index (χ2v) is 5.67. The topological polar surface area (TPSA) is 106 Å². The van der Waals surface area contributed by atoms with E-state index in [0.717, 1.165) is 0 Å². The van der Waals surface area contributed by atoms with Gasteiger partial charge in [-0.1, -0.05) is 29.3 Å². The molecule has 0 aliphatic heterocycles. The van der Waals surface area contributed by atoms with E-state index in [1.54, 1.807) is 42.6 Å². The fraction of sp³-hybridized carbons (Fsp3) is 0. The minimum Gasteiger partial charge on any atom is -0.334 e. The van der Waals surface area contributed by atoms with Gasteiger partial charge in [0, 0.05) is 21.9 Å². The highest BCUT2D eigenvalue weighted by Crippen LogP contribution is 2.33. The number of aromatic nitrogens is 3. The summed E-state index contributed by atoms with van der Waals surface area (Å²) < 4.78 is 0. The second kappa shape index (κ2) is 7.29. The number of nitro groups is 1. The Balaban J connectivity index is 1.99. The van der Waals surface area contributed by atoms with Gasteiger partial charge < -0.3 is 10.6 Å². The molecule has 0 radical (unpaired) electrons. The van der Waals surface area contributed by atoms with Gasteiger partial charge in [0.2, 0.25) is 11.6 Å². The monoisotopic (exact) mass is 376 g/mol. The van der Waals surface area contributed by atoms with Crippen LogP contribution in [0.3, 0.4) is 0 Å². The maximum atomic E-state index is 11.5. The summed E-state index contributed by atoms with van der Waals surface area (Å²) in [5, 5.41) is 18.0. The molecule has 25 heavy (non-hydrogen) atoms. The van der Waals surface area contributed by atoms with E-state index in [9.17, 15) is 10.1 Å². The SMILES string of the molecule is O=[N+]([O-])c1c(Nc2cc(Cl)cc(Cl)c2)ncnc1Nc1ccccn1. The molecular weight excluding hydrogens is 367 g/mol. The summed E-state index contributed by atoms with van der Waals surface area (Å²) in [5.74, 6) is 0.423. The molecule has 0 aliphatic carbocycles. The van der Waals surface area contributed by atoms with Gasteiger partial charge in [0.05, 0.1) is 4.92 Å². The van der Waals surface area contributed by atoms with Gasteiger partial charge in [-0.05, 0) is 30.3 Å². The molecule has 126 valence electrons. The van der Waals surface area contributed by atoms with Crippen LogP contribution in [0.15, 0.2) is 48.9 Å². The summed E-state index contributed by atoms with van der Waals surface area (Å²) in [6.45, 7) is 0. The predicted octanol–water partition coefficient (Wildman–Crippen LogP) is 4.57. The molecule has 2 aromatic heterocycles. The van der Waals surface area contributed by atoms with Crippen molar-refractivity contribution in [1.29, 1.82) is 0 Å². The molecule has 0 aliphatic rings. The first-order valence-corrected chi connectivity index (χ1v) is 7.69. The van der Waals surface area contributed by atoms with Crippen LogP contribution in [-0.4, -0.2) is 19.9 Å². The molecule has 8 nitrogen and oxygen atoms in total.